The third-order valence-corrected chi connectivity index (χ3v) is 5.97. The topological polar surface area (TPSA) is 84.1 Å². The van der Waals surface area contributed by atoms with Crippen molar-refractivity contribution in [1.29, 1.82) is 0 Å². The summed E-state index contributed by atoms with van der Waals surface area (Å²) in [4.78, 5) is 4.40. The van der Waals surface area contributed by atoms with Crippen LogP contribution in [0.15, 0.2) is 22.8 Å². The Labute approximate surface area is 185 Å². The van der Waals surface area contributed by atoms with E-state index in [9.17, 15) is 5.11 Å². The Morgan fingerprint density at radius 2 is 1.90 bits per heavy atom. The molecule has 1 aromatic heterocycles. The van der Waals surface area contributed by atoms with Crippen LogP contribution in [-0.4, -0.2) is 71.7 Å². The SMILES string of the molecule is COc1cc(CN(C)Cc2nonc2C)ccc1OCC(O)CN(C)C1CCCCC1. The number of aryl methyl sites for hydroxylation is 1. The second-order valence-electron chi connectivity index (χ2n) is 8.65. The van der Waals surface area contributed by atoms with E-state index in [-0.39, 0.29) is 6.61 Å². The van der Waals surface area contributed by atoms with E-state index in [4.69, 9.17) is 14.1 Å². The molecular weight excluding hydrogens is 396 g/mol. The number of likely N-dealkylation sites (N-methyl/N-ethyl adjacent to an activating group) is 1. The van der Waals surface area contributed by atoms with Crippen molar-refractivity contribution >= 4 is 0 Å². The lowest BCUT2D eigenvalue weighted by molar-refractivity contribution is 0.0553. The molecule has 8 nitrogen and oxygen atoms in total. The molecule has 0 spiro atoms. The minimum absolute atomic E-state index is 0.241. The van der Waals surface area contributed by atoms with Gasteiger partial charge in [-0.15, -0.1) is 0 Å². The van der Waals surface area contributed by atoms with Crippen LogP contribution < -0.4 is 9.47 Å². The van der Waals surface area contributed by atoms with Gasteiger partial charge in [-0.2, -0.15) is 0 Å². The lowest BCUT2D eigenvalue weighted by atomic mass is 9.94. The predicted molar refractivity (Wildman–Crippen MR) is 118 cm³/mol. The summed E-state index contributed by atoms with van der Waals surface area (Å²) in [5, 5.41) is 18.2. The van der Waals surface area contributed by atoms with Gasteiger partial charge in [-0.05, 0) is 51.6 Å². The normalized spacial score (nSPS) is 16.1. The van der Waals surface area contributed by atoms with Crippen LogP contribution in [0.3, 0.4) is 0 Å². The van der Waals surface area contributed by atoms with E-state index >= 15 is 0 Å². The van der Waals surface area contributed by atoms with E-state index in [2.05, 4.69) is 27.2 Å². The standard InChI is InChI=1S/C23H36N4O4/c1-17-21(25-31-24-17)15-26(2)13-18-10-11-22(23(12-18)29-4)30-16-20(28)14-27(3)19-8-6-5-7-9-19/h10-12,19-20,28H,5-9,13-16H2,1-4H3. The number of benzene rings is 1. The third-order valence-electron chi connectivity index (χ3n) is 5.97. The second-order valence-corrected chi connectivity index (χ2v) is 8.65. The number of aliphatic hydroxyl groups excluding tert-OH is 1. The molecule has 1 atom stereocenters. The maximum absolute atomic E-state index is 10.5. The van der Waals surface area contributed by atoms with Crippen LogP contribution in [0.2, 0.25) is 0 Å². The quantitative estimate of drug-likeness (QED) is 0.580. The molecule has 1 fully saturated rings. The van der Waals surface area contributed by atoms with Gasteiger partial charge in [0.05, 0.1) is 7.11 Å². The largest absolute Gasteiger partial charge is 0.493 e. The highest BCUT2D eigenvalue weighted by atomic mass is 16.6. The van der Waals surface area contributed by atoms with Gasteiger partial charge < -0.3 is 19.5 Å². The zero-order valence-electron chi connectivity index (χ0n) is 19.2. The molecule has 0 bridgehead atoms. The average Bonchev–Trinajstić information content (AvgIpc) is 3.17. The number of nitrogens with zero attached hydrogens (tertiary/aromatic N) is 4. The summed E-state index contributed by atoms with van der Waals surface area (Å²) in [5.74, 6) is 1.31. The molecule has 0 radical (unpaired) electrons. The molecule has 0 amide bonds. The lowest BCUT2D eigenvalue weighted by Crippen LogP contribution is -2.40. The molecule has 8 heteroatoms. The maximum Gasteiger partial charge on any atom is 0.161 e. The smallest absolute Gasteiger partial charge is 0.161 e. The summed E-state index contributed by atoms with van der Waals surface area (Å²) in [6.45, 7) is 4.11. The van der Waals surface area contributed by atoms with E-state index < -0.39 is 6.10 Å². The van der Waals surface area contributed by atoms with Gasteiger partial charge in [0.15, 0.2) is 11.5 Å². The first-order valence-corrected chi connectivity index (χ1v) is 11.1. The lowest BCUT2D eigenvalue weighted by Gasteiger charge is -2.32. The van der Waals surface area contributed by atoms with Crippen LogP contribution in [0.25, 0.3) is 0 Å². The molecule has 3 rings (SSSR count). The van der Waals surface area contributed by atoms with E-state index in [1.807, 2.05) is 32.2 Å². The summed E-state index contributed by atoms with van der Waals surface area (Å²) in [6.07, 6.45) is 5.81. The fourth-order valence-corrected chi connectivity index (χ4v) is 4.19. The van der Waals surface area contributed by atoms with Gasteiger partial charge in [0.25, 0.3) is 0 Å². The molecule has 1 aliphatic carbocycles. The van der Waals surface area contributed by atoms with Crippen LogP contribution in [0, 0.1) is 6.92 Å². The fraction of sp³-hybridized carbons (Fsp3) is 0.652. The van der Waals surface area contributed by atoms with E-state index in [1.165, 1.54) is 32.1 Å². The summed E-state index contributed by atoms with van der Waals surface area (Å²) >= 11 is 0. The summed E-state index contributed by atoms with van der Waals surface area (Å²) in [5.41, 5.74) is 2.74. The number of aromatic nitrogens is 2. The van der Waals surface area contributed by atoms with Crippen molar-refractivity contribution in [3.63, 3.8) is 0 Å². The van der Waals surface area contributed by atoms with Crippen molar-refractivity contribution in [3.8, 4) is 11.5 Å². The van der Waals surface area contributed by atoms with Crippen LogP contribution in [0.5, 0.6) is 11.5 Å². The predicted octanol–water partition coefficient (Wildman–Crippen LogP) is 3.02. The van der Waals surface area contributed by atoms with Crippen LogP contribution in [0.4, 0.5) is 0 Å². The number of ether oxygens (including phenoxy) is 2. The highest BCUT2D eigenvalue weighted by molar-refractivity contribution is 5.43. The Morgan fingerprint density at radius 1 is 1.13 bits per heavy atom. The molecule has 1 N–H and O–H groups in total. The van der Waals surface area contributed by atoms with Gasteiger partial charge in [-0.25, -0.2) is 4.63 Å². The Balaban J connectivity index is 1.50. The van der Waals surface area contributed by atoms with Gasteiger partial charge in [0.2, 0.25) is 0 Å². The molecule has 0 aliphatic heterocycles. The van der Waals surface area contributed by atoms with E-state index in [1.54, 1.807) is 7.11 Å². The molecular formula is C23H36N4O4. The molecule has 0 saturated heterocycles. The molecule has 1 unspecified atom stereocenters. The zero-order chi connectivity index (χ0) is 22.2. The number of rotatable bonds is 11. The summed E-state index contributed by atoms with van der Waals surface area (Å²) in [7, 11) is 5.75. The van der Waals surface area contributed by atoms with Crippen LogP contribution in [0.1, 0.15) is 49.1 Å². The monoisotopic (exact) mass is 432 g/mol. The van der Waals surface area contributed by atoms with Gasteiger partial charge >= 0.3 is 0 Å². The summed E-state index contributed by atoms with van der Waals surface area (Å²) < 4.78 is 16.2. The molecule has 31 heavy (non-hydrogen) atoms. The van der Waals surface area contributed by atoms with Gasteiger partial charge in [0, 0.05) is 25.7 Å². The van der Waals surface area contributed by atoms with Gasteiger partial charge in [-0.3, -0.25) is 4.90 Å². The van der Waals surface area contributed by atoms with Crippen molar-refractivity contribution in [3.05, 3.63) is 35.2 Å². The third kappa shape index (κ3) is 6.92. The molecule has 1 heterocycles. The number of aliphatic hydroxyl groups is 1. The average molecular weight is 433 g/mol. The van der Waals surface area contributed by atoms with Crippen LogP contribution in [-0.2, 0) is 13.1 Å². The molecule has 1 aliphatic rings. The Bertz CT molecular complexity index is 807. The minimum Gasteiger partial charge on any atom is -0.493 e. The van der Waals surface area contributed by atoms with Gasteiger partial charge in [0.1, 0.15) is 24.1 Å². The first-order chi connectivity index (χ1) is 15.0. The maximum atomic E-state index is 10.5. The zero-order valence-corrected chi connectivity index (χ0v) is 19.2. The summed E-state index contributed by atoms with van der Waals surface area (Å²) in [6, 6.07) is 6.47. The molecule has 172 valence electrons. The minimum atomic E-state index is -0.540. The number of hydrogen-bond acceptors (Lipinski definition) is 8. The van der Waals surface area contributed by atoms with E-state index in [0.717, 1.165) is 23.5 Å². The molecule has 2 aromatic rings. The van der Waals surface area contributed by atoms with Crippen molar-refractivity contribution in [2.75, 3.05) is 34.4 Å². The highest BCUT2D eigenvalue weighted by Crippen LogP contribution is 2.29. The Hall–Kier alpha value is -2.16. The van der Waals surface area contributed by atoms with Crippen LogP contribution >= 0.6 is 0 Å². The van der Waals surface area contributed by atoms with E-state index in [0.29, 0.717) is 30.6 Å². The number of hydrogen-bond donors (Lipinski definition) is 1. The fourth-order valence-electron chi connectivity index (χ4n) is 4.19. The Kier molecular flexibility index (Phi) is 8.69. The number of methoxy groups -OCH3 is 1. The molecule has 1 aromatic carbocycles. The molecule has 1 saturated carbocycles. The van der Waals surface area contributed by atoms with Gasteiger partial charge in [-0.1, -0.05) is 35.6 Å². The first kappa shape index (κ1) is 23.5. The first-order valence-electron chi connectivity index (χ1n) is 11.1. The van der Waals surface area contributed by atoms with Crippen molar-refractivity contribution in [2.24, 2.45) is 0 Å². The van der Waals surface area contributed by atoms with Crippen molar-refractivity contribution in [1.82, 2.24) is 20.1 Å². The second kappa shape index (κ2) is 11.5. The highest BCUT2D eigenvalue weighted by Gasteiger charge is 2.20. The van der Waals surface area contributed by atoms with Crippen molar-refractivity contribution < 1.29 is 19.2 Å². The Morgan fingerprint density at radius 3 is 2.58 bits per heavy atom. The van der Waals surface area contributed by atoms with Crippen molar-refractivity contribution in [2.45, 2.75) is 64.3 Å².